The summed E-state index contributed by atoms with van der Waals surface area (Å²) in [5, 5.41) is 0. The molecule has 1 aliphatic heterocycles. The van der Waals surface area contributed by atoms with Crippen LogP contribution in [0.1, 0.15) is 97.7 Å². The van der Waals surface area contributed by atoms with Crippen molar-refractivity contribution in [3.8, 4) is 0 Å². The number of carbonyl (C=O) groups is 2. The Labute approximate surface area is 272 Å². The molecule has 42 heavy (non-hydrogen) atoms. The topological polar surface area (TPSA) is 59.1 Å². The number of halogens is 1. The number of carbonyl (C=O) groups excluding carboxylic acids is 2. The predicted molar refractivity (Wildman–Crippen MR) is 170 cm³/mol. The maximum absolute atomic E-state index is 12.1. The molecular weight excluding hydrogens is 543 g/mol. The SMILES string of the molecule is CC(C)(C)OC(=O)N(CCCCl)Cc1ccccc1.CC(C)(C)OC(=O)N1CCCC1c1ccccc1.[CH2-]CCC.[Li+]. The fraction of sp³-hybridized carbons (Fsp3) is 0.559. The molecule has 1 saturated heterocycles. The van der Waals surface area contributed by atoms with E-state index in [0.29, 0.717) is 19.0 Å². The Bertz CT molecular complexity index is 992. The fourth-order valence-corrected chi connectivity index (χ4v) is 4.06. The molecule has 1 heterocycles. The third-order valence-corrected chi connectivity index (χ3v) is 6.12. The van der Waals surface area contributed by atoms with E-state index in [1.807, 2.05) is 95.0 Å². The Morgan fingerprint density at radius 1 is 0.952 bits per heavy atom. The maximum Gasteiger partial charge on any atom is 1.00 e. The van der Waals surface area contributed by atoms with E-state index in [-0.39, 0.29) is 37.1 Å². The van der Waals surface area contributed by atoms with Gasteiger partial charge < -0.3 is 26.2 Å². The molecule has 0 N–H and O–H groups in total. The second kappa shape index (κ2) is 20.7. The van der Waals surface area contributed by atoms with Crippen molar-refractivity contribution in [2.45, 2.75) is 104 Å². The number of amides is 2. The molecule has 1 unspecified atom stereocenters. The third kappa shape index (κ3) is 17.1. The molecule has 0 radical (unpaired) electrons. The number of benzene rings is 2. The first-order valence-electron chi connectivity index (χ1n) is 14.7. The number of rotatable bonds is 7. The van der Waals surface area contributed by atoms with Gasteiger partial charge >= 0.3 is 31.0 Å². The minimum atomic E-state index is -0.479. The molecule has 3 rings (SSSR count). The molecule has 0 aromatic heterocycles. The van der Waals surface area contributed by atoms with Crippen molar-refractivity contribution in [3.05, 3.63) is 78.7 Å². The smallest absolute Gasteiger partial charge is 0.444 e. The van der Waals surface area contributed by atoms with Crippen molar-refractivity contribution in [1.82, 2.24) is 9.80 Å². The van der Waals surface area contributed by atoms with Crippen LogP contribution in [0.2, 0.25) is 0 Å². The van der Waals surface area contributed by atoms with Crippen LogP contribution in [-0.2, 0) is 16.0 Å². The van der Waals surface area contributed by atoms with Crippen molar-refractivity contribution >= 4 is 23.8 Å². The Morgan fingerprint density at radius 2 is 1.48 bits per heavy atom. The Kier molecular flexibility index (Phi) is 19.7. The zero-order valence-electron chi connectivity index (χ0n) is 27.3. The van der Waals surface area contributed by atoms with Gasteiger partial charge in [-0.2, -0.15) is 6.42 Å². The number of alkyl halides is 1. The number of likely N-dealkylation sites (tertiary alicyclic amines) is 1. The van der Waals surface area contributed by atoms with Crippen LogP contribution >= 0.6 is 11.6 Å². The minimum Gasteiger partial charge on any atom is -0.444 e. The van der Waals surface area contributed by atoms with Crippen molar-refractivity contribution in [3.63, 3.8) is 0 Å². The summed E-state index contributed by atoms with van der Waals surface area (Å²) >= 11 is 5.71. The van der Waals surface area contributed by atoms with Crippen molar-refractivity contribution in [2.75, 3.05) is 19.0 Å². The summed E-state index contributed by atoms with van der Waals surface area (Å²) in [5.41, 5.74) is 1.37. The summed E-state index contributed by atoms with van der Waals surface area (Å²) in [6.45, 7) is 19.0. The van der Waals surface area contributed by atoms with Crippen LogP contribution < -0.4 is 18.9 Å². The Balaban J connectivity index is 0.000000696. The van der Waals surface area contributed by atoms with Gasteiger partial charge in [0.25, 0.3) is 0 Å². The Hall–Kier alpha value is -2.13. The van der Waals surface area contributed by atoms with Crippen LogP contribution in [-0.4, -0.2) is 52.2 Å². The summed E-state index contributed by atoms with van der Waals surface area (Å²) in [7, 11) is 0. The Morgan fingerprint density at radius 3 is 1.95 bits per heavy atom. The van der Waals surface area contributed by atoms with Gasteiger partial charge in [0, 0.05) is 25.5 Å². The summed E-state index contributed by atoms with van der Waals surface area (Å²) in [6, 6.07) is 20.2. The second-order valence-electron chi connectivity index (χ2n) is 12.0. The van der Waals surface area contributed by atoms with E-state index in [2.05, 4.69) is 26.0 Å². The van der Waals surface area contributed by atoms with E-state index in [4.69, 9.17) is 21.1 Å². The minimum absolute atomic E-state index is 0. The van der Waals surface area contributed by atoms with Gasteiger partial charge in [-0.25, -0.2) is 9.59 Å². The number of ether oxygens (including phenoxy) is 2. The first-order chi connectivity index (χ1) is 19.3. The van der Waals surface area contributed by atoms with Crippen molar-refractivity contribution < 1.29 is 37.9 Å². The van der Waals surface area contributed by atoms with Gasteiger partial charge in [-0.15, -0.1) is 11.6 Å². The van der Waals surface area contributed by atoms with Gasteiger partial charge in [-0.3, -0.25) is 0 Å². The third-order valence-electron chi connectivity index (χ3n) is 5.85. The average Bonchev–Trinajstić information content (AvgIpc) is 3.41. The van der Waals surface area contributed by atoms with Gasteiger partial charge in [0.05, 0.1) is 6.04 Å². The largest absolute Gasteiger partial charge is 1.00 e. The molecule has 0 bridgehead atoms. The molecule has 0 aliphatic carbocycles. The van der Waals surface area contributed by atoms with E-state index in [0.717, 1.165) is 37.8 Å². The van der Waals surface area contributed by atoms with Gasteiger partial charge in [0.1, 0.15) is 11.2 Å². The first-order valence-corrected chi connectivity index (χ1v) is 15.3. The van der Waals surface area contributed by atoms with E-state index in [9.17, 15) is 9.59 Å². The molecule has 2 amide bonds. The molecular formula is C34H52ClLiN2O4. The zero-order valence-corrected chi connectivity index (χ0v) is 28.1. The zero-order chi connectivity index (χ0) is 30.9. The van der Waals surface area contributed by atoms with Gasteiger partial charge in [0.2, 0.25) is 0 Å². The molecule has 0 spiro atoms. The van der Waals surface area contributed by atoms with Gasteiger partial charge in [0.15, 0.2) is 0 Å². The summed E-state index contributed by atoms with van der Waals surface area (Å²) in [5.74, 6) is 0.536. The number of nitrogens with zero attached hydrogens (tertiary/aromatic N) is 2. The number of unbranched alkanes of at least 4 members (excludes halogenated alkanes) is 1. The normalized spacial score (nSPS) is 14.3. The maximum atomic E-state index is 12.1. The molecule has 2 aromatic rings. The van der Waals surface area contributed by atoms with Crippen LogP contribution in [0.25, 0.3) is 0 Å². The molecule has 230 valence electrons. The molecule has 6 nitrogen and oxygen atoms in total. The average molecular weight is 595 g/mol. The first kappa shape index (κ1) is 39.9. The predicted octanol–water partition coefficient (Wildman–Crippen LogP) is 6.44. The van der Waals surface area contributed by atoms with Gasteiger partial charge in [-0.1, -0.05) is 74.0 Å². The number of hydrogen-bond acceptors (Lipinski definition) is 4. The molecule has 0 saturated carbocycles. The van der Waals surface area contributed by atoms with E-state index in [1.54, 1.807) is 4.90 Å². The van der Waals surface area contributed by atoms with Crippen LogP contribution in [0.4, 0.5) is 9.59 Å². The summed E-state index contributed by atoms with van der Waals surface area (Å²) in [4.78, 5) is 27.8. The monoisotopic (exact) mass is 594 g/mol. The fourth-order valence-electron chi connectivity index (χ4n) is 3.94. The van der Waals surface area contributed by atoms with Crippen LogP contribution in [0.5, 0.6) is 0 Å². The summed E-state index contributed by atoms with van der Waals surface area (Å²) in [6.07, 6.45) is 4.60. The van der Waals surface area contributed by atoms with Crippen LogP contribution in [0.3, 0.4) is 0 Å². The van der Waals surface area contributed by atoms with E-state index < -0.39 is 11.2 Å². The van der Waals surface area contributed by atoms with Crippen molar-refractivity contribution in [2.24, 2.45) is 0 Å². The van der Waals surface area contributed by atoms with Crippen LogP contribution in [0, 0.1) is 6.92 Å². The van der Waals surface area contributed by atoms with Crippen molar-refractivity contribution in [1.29, 1.82) is 0 Å². The molecule has 1 atom stereocenters. The standard InChI is InChI=1S/C15H22ClNO2.C15H21NO2.C4H9.Li/c1-15(2,3)19-14(18)17(11-7-10-16)12-13-8-5-4-6-9-13;1-15(2,3)18-14(17)16-11-7-10-13(16)12-8-5-4-6-9-12;1-3-4-2;/h4-6,8-9H,7,10-12H2,1-3H3;4-6,8-9,13H,7,10-11H2,1-3H3;1,3-4H2,2H3;/q;;-1;+1. The quantitative estimate of drug-likeness (QED) is 0.210. The van der Waals surface area contributed by atoms with E-state index in [1.165, 1.54) is 12.0 Å². The molecule has 1 aliphatic rings. The summed E-state index contributed by atoms with van der Waals surface area (Å²) < 4.78 is 10.9. The van der Waals surface area contributed by atoms with Gasteiger partial charge in [-0.05, 0) is 71.9 Å². The molecule has 2 aromatic carbocycles. The number of hydrogen-bond donors (Lipinski definition) is 0. The molecule has 8 heteroatoms. The van der Waals surface area contributed by atoms with E-state index >= 15 is 0 Å². The second-order valence-corrected chi connectivity index (χ2v) is 12.4. The molecule has 1 fully saturated rings. The van der Waals surface area contributed by atoms with Crippen LogP contribution in [0.15, 0.2) is 60.7 Å².